The summed E-state index contributed by atoms with van der Waals surface area (Å²) in [4.78, 5) is 0. The van der Waals surface area contributed by atoms with Crippen LogP contribution >= 0.6 is 0 Å². The van der Waals surface area contributed by atoms with Crippen LogP contribution < -0.4 is 5.32 Å². The van der Waals surface area contributed by atoms with Crippen molar-refractivity contribution >= 4 is 0 Å². The van der Waals surface area contributed by atoms with Crippen molar-refractivity contribution < 1.29 is 9.47 Å². The van der Waals surface area contributed by atoms with Gasteiger partial charge in [-0.1, -0.05) is 6.92 Å². The van der Waals surface area contributed by atoms with E-state index in [1.807, 2.05) is 0 Å². The number of rotatable bonds is 6. The van der Waals surface area contributed by atoms with Crippen LogP contribution in [0.2, 0.25) is 0 Å². The molecular formula is C13H27NO2. The molecule has 1 aliphatic heterocycles. The van der Waals surface area contributed by atoms with E-state index >= 15 is 0 Å². The van der Waals surface area contributed by atoms with Crippen LogP contribution in [0.25, 0.3) is 0 Å². The lowest BCUT2D eigenvalue weighted by molar-refractivity contribution is -0.104. The molecule has 0 aromatic rings. The molecule has 0 aliphatic carbocycles. The molecule has 1 N–H and O–H groups in total. The first-order chi connectivity index (χ1) is 7.61. The summed E-state index contributed by atoms with van der Waals surface area (Å²) in [5.41, 5.74) is 0. The van der Waals surface area contributed by atoms with Crippen molar-refractivity contribution in [1.82, 2.24) is 5.32 Å². The third-order valence-electron chi connectivity index (χ3n) is 2.98. The minimum absolute atomic E-state index is 0.340. The lowest BCUT2D eigenvalue weighted by Gasteiger charge is -2.32. The van der Waals surface area contributed by atoms with Crippen LogP contribution in [0.3, 0.4) is 0 Å². The summed E-state index contributed by atoms with van der Waals surface area (Å²) in [6, 6.07) is 0.452. The van der Waals surface area contributed by atoms with Crippen molar-refractivity contribution in [3.05, 3.63) is 0 Å². The molecule has 0 amide bonds. The van der Waals surface area contributed by atoms with E-state index in [0.29, 0.717) is 24.4 Å². The molecule has 3 nitrogen and oxygen atoms in total. The number of nitrogens with one attached hydrogen (secondary N) is 1. The molecular weight excluding hydrogens is 202 g/mol. The summed E-state index contributed by atoms with van der Waals surface area (Å²) in [6.45, 7) is 10.5. The van der Waals surface area contributed by atoms with Gasteiger partial charge in [-0.15, -0.1) is 0 Å². The van der Waals surface area contributed by atoms with Crippen LogP contribution in [0.5, 0.6) is 0 Å². The van der Waals surface area contributed by atoms with Gasteiger partial charge in [-0.3, -0.25) is 0 Å². The van der Waals surface area contributed by atoms with Gasteiger partial charge in [0.1, 0.15) is 0 Å². The molecule has 16 heavy (non-hydrogen) atoms. The highest BCUT2D eigenvalue weighted by atomic mass is 16.5. The minimum Gasteiger partial charge on any atom is -0.376 e. The lowest BCUT2D eigenvalue weighted by atomic mass is 10.0. The van der Waals surface area contributed by atoms with E-state index < -0.39 is 0 Å². The highest BCUT2D eigenvalue weighted by Gasteiger charge is 2.25. The molecule has 0 aromatic carbocycles. The smallest absolute Gasteiger partial charge is 0.0625 e. The molecule has 3 unspecified atom stereocenters. The van der Waals surface area contributed by atoms with Crippen LogP contribution in [0.4, 0.5) is 0 Å². The first-order valence-electron chi connectivity index (χ1n) is 6.62. The monoisotopic (exact) mass is 229 g/mol. The number of ether oxygens (including phenoxy) is 2. The predicted molar refractivity (Wildman–Crippen MR) is 66.7 cm³/mol. The molecule has 1 fully saturated rings. The Balaban J connectivity index is 2.16. The Bertz CT molecular complexity index is 177. The van der Waals surface area contributed by atoms with Crippen LogP contribution in [0, 0.1) is 0 Å². The Morgan fingerprint density at radius 3 is 2.50 bits per heavy atom. The van der Waals surface area contributed by atoms with Crippen LogP contribution in [0.1, 0.15) is 47.0 Å². The van der Waals surface area contributed by atoms with E-state index in [1.54, 1.807) is 0 Å². The molecule has 1 aliphatic rings. The zero-order valence-electron chi connectivity index (χ0n) is 11.2. The van der Waals surface area contributed by atoms with E-state index in [0.717, 1.165) is 26.0 Å². The van der Waals surface area contributed by atoms with Crippen molar-refractivity contribution in [2.45, 2.75) is 71.3 Å². The fraction of sp³-hybridized carbons (Fsp3) is 1.00. The molecule has 0 spiro atoms. The van der Waals surface area contributed by atoms with Crippen LogP contribution in [0.15, 0.2) is 0 Å². The zero-order valence-corrected chi connectivity index (χ0v) is 11.2. The first kappa shape index (κ1) is 13.9. The molecule has 1 rings (SSSR count). The molecule has 1 heterocycles. The fourth-order valence-corrected chi connectivity index (χ4v) is 2.21. The van der Waals surface area contributed by atoms with Gasteiger partial charge < -0.3 is 14.8 Å². The first-order valence-corrected chi connectivity index (χ1v) is 6.62. The van der Waals surface area contributed by atoms with Crippen molar-refractivity contribution in [2.75, 3.05) is 13.2 Å². The maximum absolute atomic E-state index is 5.94. The standard InChI is InChI=1S/C13H27NO2/c1-5-6-14-10(2)9-15-13-7-11(3)16-12(4)8-13/h10-14H,5-9H2,1-4H3. The Hall–Kier alpha value is -0.120. The molecule has 1 saturated heterocycles. The molecule has 3 atom stereocenters. The zero-order chi connectivity index (χ0) is 12.0. The van der Waals surface area contributed by atoms with Gasteiger partial charge in [-0.05, 0) is 46.6 Å². The van der Waals surface area contributed by atoms with Crippen LogP contribution in [-0.2, 0) is 9.47 Å². The van der Waals surface area contributed by atoms with E-state index in [-0.39, 0.29) is 0 Å². The summed E-state index contributed by atoms with van der Waals surface area (Å²) in [7, 11) is 0. The summed E-state index contributed by atoms with van der Waals surface area (Å²) < 4.78 is 11.6. The van der Waals surface area contributed by atoms with Crippen molar-refractivity contribution in [3.8, 4) is 0 Å². The maximum atomic E-state index is 5.94. The third-order valence-corrected chi connectivity index (χ3v) is 2.98. The quantitative estimate of drug-likeness (QED) is 0.758. The average molecular weight is 229 g/mol. The highest BCUT2D eigenvalue weighted by molar-refractivity contribution is 4.74. The van der Waals surface area contributed by atoms with Gasteiger partial charge in [-0.2, -0.15) is 0 Å². The topological polar surface area (TPSA) is 30.5 Å². The van der Waals surface area contributed by atoms with Gasteiger partial charge in [0.15, 0.2) is 0 Å². The van der Waals surface area contributed by atoms with Crippen molar-refractivity contribution in [1.29, 1.82) is 0 Å². The maximum Gasteiger partial charge on any atom is 0.0625 e. The van der Waals surface area contributed by atoms with Gasteiger partial charge in [0, 0.05) is 6.04 Å². The molecule has 96 valence electrons. The molecule has 0 radical (unpaired) electrons. The number of hydrogen-bond acceptors (Lipinski definition) is 3. The molecule has 0 saturated carbocycles. The average Bonchev–Trinajstić information content (AvgIpc) is 2.22. The molecule has 3 heteroatoms. The minimum atomic E-state index is 0.340. The Morgan fingerprint density at radius 2 is 1.94 bits per heavy atom. The van der Waals surface area contributed by atoms with E-state index in [2.05, 4.69) is 33.0 Å². The van der Waals surface area contributed by atoms with Crippen molar-refractivity contribution in [3.63, 3.8) is 0 Å². The fourth-order valence-electron chi connectivity index (χ4n) is 2.21. The summed E-state index contributed by atoms with van der Waals surface area (Å²) in [6.07, 6.45) is 4.30. The van der Waals surface area contributed by atoms with Gasteiger partial charge in [-0.25, -0.2) is 0 Å². The lowest BCUT2D eigenvalue weighted by Crippen LogP contribution is -2.38. The predicted octanol–water partition coefficient (Wildman–Crippen LogP) is 2.35. The molecule has 0 aromatic heterocycles. The highest BCUT2D eigenvalue weighted by Crippen LogP contribution is 2.21. The summed E-state index contributed by atoms with van der Waals surface area (Å²) in [5, 5.41) is 3.44. The second-order valence-corrected chi connectivity index (χ2v) is 5.04. The Kier molecular flexibility index (Phi) is 6.32. The second-order valence-electron chi connectivity index (χ2n) is 5.04. The van der Waals surface area contributed by atoms with E-state index in [9.17, 15) is 0 Å². The van der Waals surface area contributed by atoms with E-state index in [4.69, 9.17) is 9.47 Å². The second kappa shape index (κ2) is 7.25. The summed E-state index contributed by atoms with van der Waals surface area (Å²) in [5.74, 6) is 0. The van der Waals surface area contributed by atoms with Gasteiger partial charge in [0.25, 0.3) is 0 Å². The largest absolute Gasteiger partial charge is 0.376 e. The number of hydrogen-bond donors (Lipinski definition) is 1. The van der Waals surface area contributed by atoms with Gasteiger partial charge in [0.05, 0.1) is 24.9 Å². The Morgan fingerprint density at radius 1 is 1.31 bits per heavy atom. The van der Waals surface area contributed by atoms with Crippen LogP contribution in [-0.4, -0.2) is 37.5 Å². The Labute approximate surface area is 99.9 Å². The molecule has 0 bridgehead atoms. The van der Waals surface area contributed by atoms with Crippen molar-refractivity contribution in [2.24, 2.45) is 0 Å². The normalized spacial score (nSPS) is 32.6. The van der Waals surface area contributed by atoms with Gasteiger partial charge in [0.2, 0.25) is 0 Å². The third kappa shape index (κ3) is 5.28. The van der Waals surface area contributed by atoms with E-state index in [1.165, 1.54) is 6.42 Å². The van der Waals surface area contributed by atoms with Gasteiger partial charge >= 0.3 is 0 Å². The summed E-state index contributed by atoms with van der Waals surface area (Å²) >= 11 is 0. The SMILES string of the molecule is CCCNC(C)COC1CC(C)OC(C)C1.